The summed E-state index contributed by atoms with van der Waals surface area (Å²) in [4.78, 5) is 54.7. The van der Waals surface area contributed by atoms with E-state index < -0.39 is 41.2 Å². The quantitative estimate of drug-likeness (QED) is 0.359. The predicted molar refractivity (Wildman–Crippen MR) is 159 cm³/mol. The third kappa shape index (κ3) is 7.53. The Hall–Kier alpha value is -2.66. The first-order valence-corrected chi connectivity index (χ1v) is 16.4. The molecule has 2 saturated carbocycles. The number of piperidine rings is 1. The Morgan fingerprint density at radius 1 is 1.05 bits per heavy atom. The van der Waals surface area contributed by atoms with Gasteiger partial charge in [-0.2, -0.15) is 0 Å². The molecule has 2 saturated heterocycles. The average molecular weight is 603 g/mol. The topological polar surface area (TPSA) is 146 Å². The van der Waals surface area contributed by atoms with Gasteiger partial charge >= 0.3 is 12.1 Å². The van der Waals surface area contributed by atoms with Crippen molar-refractivity contribution in [3.63, 3.8) is 0 Å². The van der Waals surface area contributed by atoms with Gasteiger partial charge in [0.25, 0.3) is 0 Å². The number of ether oxygens (including phenoxy) is 2. The van der Waals surface area contributed by atoms with Crippen molar-refractivity contribution < 1.29 is 33.8 Å². The molecule has 240 valence electrons. The van der Waals surface area contributed by atoms with Crippen molar-refractivity contribution in [2.75, 3.05) is 13.1 Å². The number of amides is 3. The minimum absolute atomic E-state index is 0.0498. The van der Waals surface area contributed by atoms with Gasteiger partial charge in [-0.3, -0.25) is 9.59 Å². The Bertz CT molecular complexity index is 1090. The molecular weight excluding hydrogens is 552 g/mol. The summed E-state index contributed by atoms with van der Waals surface area (Å²) < 4.78 is 12.2. The molecule has 4 unspecified atom stereocenters. The first-order valence-electron chi connectivity index (χ1n) is 16.4. The number of carbonyl (C=O) groups is 4. The minimum atomic E-state index is -1.31. The molecule has 0 aromatic heterocycles. The monoisotopic (exact) mass is 602 g/mol. The number of hydrogen-bond donors (Lipinski definition) is 4. The van der Waals surface area contributed by atoms with Crippen molar-refractivity contribution in [2.45, 2.75) is 139 Å². The smallest absolute Gasteiger partial charge is 0.408 e. The van der Waals surface area contributed by atoms with Gasteiger partial charge in [0.2, 0.25) is 11.8 Å². The standard InChI is InChI=1S/C32H50N4O7/c1-31(2,3)43-30(41)34-24-14-8-6-4-5-7-11-20-18-32(20,29(39)40)35-27(37)25-17-21(19-36(25)28(24)38)42-26-15-16-33-23-13-10-9-12-22(23)26/h4-5,20-26,33H,6-19H2,1-3H3,(H,34,41)(H,35,37)(H,39,40)/b5-4+/t20-,21?,22?,23?,24+,25+,26?,32-/m1/s1. The summed E-state index contributed by atoms with van der Waals surface area (Å²) in [5, 5.41) is 19.4. The van der Waals surface area contributed by atoms with Crippen molar-refractivity contribution in [3.8, 4) is 0 Å². The average Bonchev–Trinajstić information content (AvgIpc) is 3.48. The van der Waals surface area contributed by atoms with Crippen LogP contribution in [-0.2, 0) is 23.9 Å². The Morgan fingerprint density at radius 2 is 1.81 bits per heavy atom. The number of rotatable bonds is 4. The van der Waals surface area contributed by atoms with Crippen LogP contribution in [0, 0.1) is 11.8 Å². The molecule has 0 spiro atoms. The number of aliphatic carboxylic acids is 1. The molecule has 3 heterocycles. The molecule has 3 amide bonds. The van der Waals surface area contributed by atoms with Crippen molar-refractivity contribution in [1.29, 1.82) is 0 Å². The molecule has 5 rings (SSSR count). The highest BCUT2D eigenvalue weighted by atomic mass is 16.6. The van der Waals surface area contributed by atoms with Crippen LogP contribution in [0.2, 0.25) is 0 Å². The number of carbonyl (C=O) groups excluding carboxylic acids is 3. The van der Waals surface area contributed by atoms with Crippen LogP contribution in [0.4, 0.5) is 4.79 Å². The Labute approximate surface area is 254 Å². The summed E-state index contributed by atoms with van der Waals surface area (Å²) in [7, 11) is 0. The Kier molecular flexibility index (Phi) is 9.70. The van der Waals surface area contributed by atoms with Crippen molar-refractivity contribution in [2.24, 2.45) is 11.8 Å². The SMILES string of the molecule is CC(C)(C)OC(=O)N[C@H]1CCC/C=C/CC[C@@H]2C[C@@]2(C(=O)O)NC(=O)[C@@H]2CC(OC3CCNC4CCCCC43)CN2C1=O. The van der Waals surface area contributed by atoms with E-state index in [1.165, 1.54) is 17.7 Å². The maximum Gasteiger partial charge on any atom is 0.408 e. The van der Waals surface area contributed by atoms with Crippen LogP contribution in [0.3, 0.4) is 0 Å². The van der Waals surface area contributed by atoms with E-state index in [9.17, 15) is 24.3 Å². The lowest BCUT2D eigenvalue weighted by Crippen LogP contribution is -2.56. The molecule has 2 aliphatic carbocycles. The summed E-state index contributed by atoms with van der Waals surface area (Å²) >= 11 is 0. The van der Waals surface area contributed by atoms with E-state index in [-0.39, 0.29) is 30.6 Å². The fourth-order valence-electron chi connectivity index (χ4n) is 7.62. The molecule has 11 nitrogen and oxygen atoms in total. The number of nitrogens with zero attached hydrogens (tertiary/aromatic N) is 1. The zero-order chi connectivity index (χ0) is 30.8. The molecule has 0 aromatic rings. The summed E-state index contributed by atoms with van der Waals surface area (Å²) in [6.45, 7) is 6.39. The van der Waals surface area contributed by atoms with E-state index in [1.807, 2.05) is 12.2 Å². The van der Waals surface area contributed by atoms with E-state index in [0.717, 1.165) is 38.6 Å². The lowest BCUT2D eigenvalue weighted by molar-refractivity contribution is -0.146. The van der Waals surface area contributed by atoms with Gasteiger partial charge < -0.3 is 35.4 Å². The second-order valence-corrected chi connectivity index (χ2v) is 14.2. The number of allylic oxidation sites excluding steroid dienone is 2. The normalized spacial score (nSPS) is 37.8. The van der Waals surface area contributed by atoms with Crippen LogP contribution in [0.5, 0.6) is 0 Å². The molecule has 4 fully saturated rings. The van der Waals surface area contributed by atoms with Gasteiger partial charge in [-0.1, -0.05) is 25.0 Å². The lowest BCUT2D eigenvalue weighted by Gasteiger charge is -2.42. The fourth-order valence-corrected chi connectivity index (χ4v) is 7.62. The van der Waals surface area contributed by atoms with Gasteiger partial charge in [0.1, 0.15) is 23.2 Å². The zero-order valence-corrected chi connectivity index (χ0v) is 25.9. The summed E-state index contributed by atoms with van der Waals surface area (Å²) in [6.07, 6.45) is 12.4. The molecular formula is C32H50N4O7. The molecule has 0 aromatic carbocycles. The molecule has 11 heteroatoms. The summed E-state index contributed by atoms with van der Waals surface area (Å²) in [5.41, 5.74) is -2.04. The molecule has 4 N–H and O–H groups in total. The number of carboxylic acid groups (broad SMARTS) is 1. The molecule has 5 aliphatic rings. The maximum atomic E-state index is 14.2. The van der Waals surface area contributed by atoms with E-state index in [4.69, 9.17) is 9.47 Å². The molecule has 43 heavy (non-hydrogen) atoms. The Balaban J connectivity index is 1.38. The molecule has 8 atom stereocenters. The second-order valence-electron chi connectivity index (χ2n) is 14.2. The third-order valence-electron chi connectivity index (χ3n) is 9.88. The van der Waals surface area contributed by atoms with Crippen molar-refractivity contribution in [3.05, 3.63) is 12.2 Å². The predicted octanol–water partition coefficient (Wildman–Crippen LogP) is 3.27. The number of hydrogen-bond acceptors (Lipinski definition) is 7. The highest BCUT2D eigenvalue weighted by molar-refractivity contribution is 5.95. The van der Waals surface area contributed by atoms with E-state index >= 15 is 0 Å². The van der Waals surface area contributed by atoms with Gasteiger partial charge in [-0.25, -0.2) is 9.59 Å². The summed E-state index contributed by atoms with van der Waals surface area (Å²) in [5.74, 6) is -1.62. The van der Waals surface area contributed by atoms with Gasteiger partial charge in [0.15, 0.2) is 0 Å². The largest absolute Gasteiger partial charge is 0.479 e. The van der Waals surface area contributed by atoms with Crippen LogP contribution >= 0.6 is 0 Å². The Morgan fingerprint density at radius 3 is 2.58 bits per heavy atom. The van der Waals surface area contributed by atoms with Gasteiger partial charge in [-0.05, 0) is 91.0 Å². The van der Waals surface area contributed by atoms with Crippen LogP contribution in [0.15, 0.2) is 12.2 Å². The highest BCUT2D eigenvalue weighted by Crippen LogP contribution is 2.47. The van der Waals surface area contributed by atoms with Crippen LogP contribution in [0.1, 0.15) is 97.8 Å². The number of carboxylic acids is 1. The van der Waals surface area contributed by atoms with Crippen molar-refractivity contribution in [1.82, 2.24) is 20.9 Å². The number of fused-ring (bicyclic) bond motifs is 3. The van der Waals surface area contributed by atoms with Gasteiger partial charge in [0, 0.05) is 24.9 Å². The highest BCUT2D eigenvalue weighted by Gasteiger charge is 2.62. The minimum Gasteiger partial charge on any atom is -0.479 e. The molecule has 3 aliphatic heterocycles. The van der Waals surface area contributed by atoms with E-state index in [2.05, 4.69) is 16.0 Å². The van der Waals surface area contributed by atoms with E-state index in [0.29, 0.717) is 44.1 Å². The summed E-state index contributed by atoms with van der Waals surface area (Å²) in [6, 6.07) is -1.33. The fraction of sp³-hybridized carbons (Fsp3) is 0.812. The molecule has 0 bridgehead atoms. The van der Waals surface area contributed by atoms with Crippen LogP contribution in [-0.4, -0.2) is 88.4 Å². The number of nitrogens with one attached hydrogen (secondary N) is 3. The maximum absolute atomic E-state index is 14.2. The second kappa shape index (κ2) is 13.1. The van der Waals surface area contributed by atoms with E-state index in [1.54, 1.807) is 20.8 Å². The number of alkyl carbamates (subject to hydrolysis) is 1. The molecule has 0 radical (unpaired) electrons. The van der Waals surface area contributed by atoms with Gasteiger partial charge in [0.05, 0.1) is 12.2 Å². The van der Waals surface area contributed by atoms with Crippen molar-refractivity contribution >= 4 is 23.9 Å². The first-order chi connectivity index (χ1) is 20.5. The lowest BCUT2D eigenvalue weighted by atomic mass is 9.77. The van der Waals surface area contributed by atoms with Gasteiger partial charge in [-0.15, -0.1) is 0 Å². The van der Waals surface area contributed by atoms with Crippen LogP contribution in [0.25, 0.3) is 0 Å². The zero-order valence-electron chi connectivity index (χ0n) is 25.9. The third-order valence-corrected chi connectivity index (χ3v) is 9.88. The van der Waals surface area contributed by atoms with Crippen LogP contribution < -0.4 is 16.0 Å². The first kappa shape index (κ1) is 31.8.